The third-order valence-electron chi connectivity index (χ3n) is 4.10. The van der Waals surface area contributed by atoms with Crippen LogP contribution in [0.1, 0.15) is 27.2 Å². The van der Waals surface area contributed by atoms with Gasteiger partial charge in [-0.15, -0.1) is 0 Å². The first-order valence-corrected chi connectivity index (χ1v) is 8.24. The van der Waals surface area contributed by atoms with Crippen LogP contribution in [-0.2, 0) is 6.54 Å². The van der Waals surface area contributed by atoms with E-state index >= 15 is 0 Å². The average Bonchev–Trinajstić information content (AvgIpc) is 2.64. The summed E-state index contributed by atoms with van der Waals surface area (Å²) in [4.78, 5) is 16.6. The van der Waals surface area contributed by atoms with Gasteiger partial charge in [-0.05, 0) is 54.8 Å². The number of hydrogen-bond donors (Lipinski definition) is 2. The zero-order valence-corrected chi connectivity index (χ0v) is 14.4. The number of aromatic nitrogens is 1. The van der Waals surface area contributed by atoms with Crippen molar-refractivity contribution in [3.63, 3.8) is 0 Å². The molecule has 25 heavy (non-hydrogen) atoms. The quantitative estimate of drug-likeness (QED) is 0.720. The molecule has 1 aromatic heterocycles. The topological polar surface area (TPSA) is 54.0 Å². The summed E-state index contributed by atoms with van der Waals surface area (Å²) in [6, 6.07) is 19.6. The van der Waals surface area contributed by atoms with E-state index in [1.165, 1.54) is 11.1 Å². The van der Waals surface area contributed by atoms with Crippen LogP contribution in [0.2, 0.25) is 0 Å². The summed E-state index contributed by atoms with van der Waals surface area (Å²) in [5, 5.41) is 6.21. The molecule has 3 aromatic rings. The lowest BCUT2D eigenvalue weighted by atomic mass is 10.1. The van der Waals surface area contributed by atoms with E-state index in [9.17, 15) is 4.79 Å². The van der Waals surface area contributed by atoms with Crippen LogP contribution in [-0.4, -0.2) is 10.9 Å². The first-order chi connectivity index (χ1) is 12.1. The normalized spacial score (nSPS) is 10.3. The number of anilines is 2. The molecule has 126 valence electrons. The summed E-state index contributed by atoms with van der Waals surface area (Å²) in [5.74, 6) is -0.216. The Morgan fingerprint density at radius 2 is 1.72 bits per heavy atom. The van der Waals surface area contributed by atoms with Gasteiger partial charge in [-0.1, -0.05) is 36.4 Å². The zero-order chi connectivity index (χ0) is 17.6. The highest BCUT2D eigenvalue weighted by molar-refractivity contribution is 6.03. The Bertz CT molecular complexity index is 875. The number of nitrogens with one attached hydrogen (secondary N) is 2. The van der Waals surface area contributed by atoms with Gasteiger partial charge in [0.2, 0.25) is 0 Å². The Morgan fingerprint density at radius 1 is 0.920 bits per heavy atom. The highest BCUT2D eigenvalue weighted by atomic mass is 16.1. The maximum absolute atomic E-state index is 12.4. The lowest BCUT2D eigenvalue weighted by Gasteiger charge is -2.09. The number of pyridine rings is 1. The van der Waals surface area contributed by atoms with Crippen molar-refractivity contribution in [3.05, 3.63) is 89.2 Å². The smallest absolute Gasteiger partial charge is 0.274 e. The van der Waals surface area contributed by atoms with Crippen LogP contribution < -0.4 is 10.6 Å². The third-order valence-corrected chi connectivity index (χ3v) is 4.10. The molecule has 0 saturated carbocycles. The molecule has 2 N–H and O–H groups in total. The van der Waals surface area contributed by atoms with Crippen LogP contribution in [0.5, 0.6) is 0 Å². The lowest BCUT2D eigenvalue weighted by molar-refractivity contribution is 0.102. The molecule has 0 aliphatic heterocycles. The summed E-state index contributed by atoms with van der Waals surface area (Å²) >= 11 is 0. The summed E-state index contributed by atoms with van der Waals surface area (Å²) in [6.45, 7) is 4.77. The van der Waals surface area contributed by atoms with Crippen LogP contribution >= 0.6 is 0 Å². The van der Waals surface area contributed by atoms with E-state index in [-0.39, 0.29) is 5.91 Å². The van der Waals surface area contributed by atoms with Gasteiger partial charge in [-0.25, -0.2) is 0 Å². The molecule has 4 nitrogen and oxygen atoms in total. The van der Waals surface area contributed by atoms with Crippen molar-refractivity contribution >= 4 is 17.3 Å². The SMILES string of the molecule is Cc1ccc(NC(=O)c2cc(NCc3ccccc3)ccn2)cc1C. The molecule has 3 rings (SSSR count). The predicted octanol–water partition coefficient (Wildman–Crippen LogP) is 4.56. The fourth-order valence-electron chi connectivity index (χ4n) is 2.48. The second kappa shape index (κ2) is 7.62. The largest absolute Gasteiger partial charge is 0.381 e. The number of rotatable bonds is 5. The van der Waals surface area contributed by atoms with E-state index in [0.717, 1.165) is 16.9 Å². The minimum atomic E-state index is -0.216. The summed E-state index contributed by atoms with van der Waals surface area (Å²) in [5.41, 5.74) is 5.55. The summed E-state index contributed by atoms with van der Waals surface area (Å²) < 4.78 is 0. The number of carbonyl (C=O) groups excluding carboxylic acids is 1. The van der Waals surface area contributed by atoms with Gasteiger partial charge in [-0.3, -0.25) is 9.78 Å². The van der Waals surface area contributed by atoms with Crippen LogP contribution in [0, 0.1) is 13.8 Å². The Hall–Kier alpha value is -3.14. The molecule has 0 saturated heterocycles. The molecular formula is C21H21N3O. The third kappa shape index (κ3) is 4.44. The minimum absolute atomic E-state index is 0.216. The van der Waals surface area contributed by atoms with Gasteiger partial charge in [0.25, 0.3) is 5.91 Å². The first kappa shape index (κ1) is 16.7. The fraction of sp³-hybridized carbons (Fsp3) is 0.143. The Balaban J connectivity index is 1.67. The van der Waals surface area contributed by atoms with Crippen molar-refractivity contribution in [2.45, 2.75) is 20.4 Å². The molecule has 0 radical (unpaired) electrons. The molecule has 0 aliphatic rings. The number of amides is 1. The molecule has 0 fully saturated rings. The molecule has 1 amide bonds. The molecule has 1 heterocycles. The van der Waals surface area contributed by atoms with Crippen molar-refractivity contribution in [3.8, 4) is 0 Å². The predicted molar refractivity (Wildman–Crippen MR) is 102 cm³/mol. The van der Waals surface area contributed by atoms with E-state index in [4.69, 9.17) is 0 Å². The number of aryl methyl sites for hydroxylation is 2. The summed E-state index contributed by atoms with van der Waals surface area (Å²) in [6.07, 6.45) is 1.64. The molecule has 0 bridgehead atoms. The van der Waals surface area contributed by atoms with Crippen molar-refractivity contribution in [1.82, 2.24) is 4.98 Å². The molecule has 0 aliphatic carbocycles. The van der Waals surface area contributed by atoms with E-state index in [1.54, 1.807) is 12.3 Å². The Kier molecular flexibility index (Phi) is 5.09. The molecule has 4 heteroatoms. The van der Waals surface area contributed by atoms with Crippen molar-refractivity contribution in [1.29, 1.82) is 0 Å². The number of nitrogens with zero attached hydrogens (tertiary/aromatic N) is 1. The lowest BCUT2D eigenvalue weighted by Crippen LogP contribution is -2.14. The maximum Gasteiger partial charge on any atom is 0.274 e. The van der Waals surface area contributed by atoms with Crippen molar-refractivity contribution < 1.29 is 4.79 Å². The first-order valence-electron chi connectivity index (χ1n) is 8.24. The number of carbonyl (C=O) groups is 1. The number of benzene rings is 2. The van der Waals surface area contributed by atoms with E-state index in [1.807, 2.05) is 56.3 Å². The fourth-order valence-corrected chi connectivity index (χ4v) is 2.48. The van der Waals surface area contributed by atoms with Gasteiger partial charge in [0.15, 0.2) is 0 Å². The number of hydrogen-bond acceptors (Lipinski definition) is 3. The monoisotopic (exact) mass is 331 g/mol. The van der Waals surface area contributed by atoms with Crippen LogP contribution in [0.15, 0.2) is 66.9 Å². The summed E-state index contributed by atoms with van der Waals surface area (Å²) in [7, 11) is 0. The van der Waals surface area contributed by atoms with E-state index in [0.29, 0.717) is 12.2 Å². The molecule has 0 spiro atoms. The van der Waals surface area contributed by atoms with Crippen molar-refractivity contribution in [2.75, 3.05) is 10.6 Å². The molecule has 2 aromatic carbocycles. The van der Waals surface area contributed by atoms with Gasteiger partial charge < -0.3 is 10.6 Å². The van der Waals surface area contributed by atoms with Crippen LogP contribution in [0.25, 0.3) is 0 Å². The maximum atomic E-state index is 12.4. The second-order valence-electron chi connectivity index (χ2n) is 6.02. The van der Waals surface area contributed by atoms with Crippen LogP contribution in [0.3, 0.4) is 0 Å². The van der Waals surface area contributed by atoms with E-state index < -0.39 is 0 Å². The van der Waals surface area contributed by atoms with Gasteiger partial charge in [0.05, 0.1) is 0 Å². The highest BCUT2D eigenvalue weighted by Crippen LogP contribution is 2.16. The highest BCUT2D eigenvalue weighted by Gasteiger charge is 2.09. The molecule has 0 atom stereocenters. The Labute approximate surface area is 147 Å². The van der Waals surface area contributed by atoms with Gasteiger partial charge >= 0.3 is 0 Å². The van der Waals surface area contributed by atoms with Crippen LogP contribution in [0.4, 0.5) is 11.4 Å². The average molecular weight is 331 g/mol. The van der Waals surface area contributed by atoms with E-state index in [2.05, 4.69) is 27.8 Å². The molecular weight excluding hydrogens is 310 g/mol. The Morgan fingerprint density at radius 3 is 2.48 bits per heavy atom. The van der Waals surface area contributed by atoms with Gasteiger partial charge in [0, 0.05) is 24.1 Å². The molecule has 0 unspecified atom stereocenters. The van der Waals surface area contributed by atoms with Gasteiger partial charge in [-0.2, -0.15) is 0 Å². The minimum Gasteiger partial charge on any atom is -0.381 e. The second-order valence-corrected chi connectivity index (χ2v) is 6.02. The standard InChI is InChI=1S/C21H21N3O/c1-15-8-9-19(12-16(15)2)24-21(25)20-13-18(10-11-22-20)23-14-17-6-4-3-5-7-17/h3-13H,14H2,1-2H3,(H,22,23)(H,24,25). The van der Waals surface area contributed by atoms with Crippen molar-refractivity contribution in [2.24, 2.45) is 0 Å². The zero-order valence-electron chi connectivity index (χ0n) is 14.4. The van der Waals surface area contributed by atoms with Gasteiger partial charge in [0.1, 0.15) is 5.69 Å².